The van der Waals surface area contributed by atoms with E-state index in [1.54, 1.807) is 31.2 Å². The van der Waals surface area contributed by atoms with E-state index in [2.05, 4.69) is 11.8 Å². The van der Waals surface area contributed by atoms with Crippen LogP contribution < -0.4 is 0 Å². The van der Waals surface area contributed by atoms with Crippen LogP contribution in [0.3, 0.4) is 0 Å². The summed E-state index contributed by atoms with van der Waals surface area (Å²) < 4.78 is 32.0. The Bertz CT molecular complexity index is 969. The van der Waals surface area contributed by atoms with Crippen LogP contribution in [-0.2, 0) is 19.6 Å². The van der Waals surface area contributed by atoms with Crippen molar-refractivity contribution in [2.24, 2.45) is 0 Å². The van der Waals surface area contributed by atoms with E-state index >= 15 is 0 Å². The second kappa shape index (κ2) is 10.5. The van der Waals surface area contributed by atoms with Crippen molar-refractivity contribution in [1.82, 2.24) is 4.31 Å². The fourth-order valence-corrected chi connectivity index (χ4v) is 3.61. The van der Waals surface area contributed by atoms with Crippen LogP contribution in [0.2, 0.25) is 0 Å². The first-order valence-electron chi connectivity index (χ1n) is 8.87. The maximum Gasteiger partial charge on any atom is 0.330 e. The van der Waals surface area contributed by atoms with Gasteiger partial charge in [-0.05, 0) is 38.1 Å². The van der Waals surface area contributed by atoms with Crippen LogP contribution in [0.25, 0.3) is 0 Å². The van der Waals surface area contributed by atoms with Gasteiger partial charge >= 0.3 is 5.97 Å². The first kappa shape index (κ1) is 21.4. The van der Waals surface area contributed by atoms with Crippen LogP contribution in [0, 0.1) is 18.8 Å². The average molecular weight is 397 g/mol. The monoisotopic (exact) mass is 397 g/mol. The SMILES string of the molecule is CCOC(=O)/C=C/CN(CC#Cc1ccccc1)S(=O)(=O)c1ccc(C)cc1. The molecular weight excluding hydrogens is 374 g/mol. The molecule has 0 bridgehead atoms. The molecule has 2 rings (SSSR count). The highest BCUT2D eigenvalue weighted by Crippen LogP contribution is 2.16. The van der Waals surface area contributed by atoms with Crippen molar-refractivity contribution in [2.75, 3.05) is 19.7 Å². The molecule has 0 unspecified atom stereocenters. The summed E-state index contributed by atoms with van der Waals surface area (Å²) >= 11 is 0. The number of aryl methyl sites for hydroxylation is 1. The van der Waals surface area contributed by atoms with Gasteiger partial charge < -0.3 is 4.74 Å². The van der Waals surface area contributed by atoms with Gasteiger partial charge in [-0.3, -0.25) is 0 Å². The lowest BCUT2D eigenvalue weighted by molar-refractivity contribution is -0.137. The largest absolute Gasteiger partial charge is 0.463 e. The molecule has 0 N–H and O–H groups in total. The molecule has 0 amide bonds. The van der Waals surface area contributed by atoms with Gasteiger partial charge in [-0.2, -0.15) is 4.31 Å². The number of rotatable bonds is 7. The number of hydrogen-bond donors (Lipinski definition) is 0. The minimum absolute atomic E-state index is 0.00172. The van der Waals surface area contributed by atoms with E-state index in [0.717, 1.165) is 11.1 Å². The number of carbonyl (C=O) groups excluding carboxylic acids is 1. The quantitative estimate of drug-likeness (QED) is 0.409. The molecule has 28 heavy (non-hydrogen) atoms. The number of hydrogen-bond acceptors (Lipinski definition) is 4. The predicted molar refractivity (Wildman–Crippen MR) is 109 cm³/mol. The van der Waals surface area contributed by atoms with Crippen molar-refractivity contribution < 1.29 is 17.9 Å². The molecule has 0 aliphatic carbocycles. The summed E-state index contributed by atoms with van der Waals surface area (Å²) in [6, 6.07) is 16.0. The first-order chi connectivity index (χ1) is 13.4. The van der Waals surface area contributed by atoms with Crippen LogP contribution in [0.5, 0.6) is 0 Å². The standard InChI is InChI=1S/C22H23NO4S/c1-3-27-22(24)12-8-18-23(17-7-11-20-9-5-4-6-10-20)28(25,26)21-15-13-19(2)14-16-21/h4-6,8-10,12-16H,3,17-18H2,1-2H3/b12-8+. The number of benzene rings is 2. The summed E-state index contributed by atoms with van der Waals surface area (Å²) in [7, 11) is -3.76. The smallest absolute Gasteiger partial charge is 0.330 e. The summed E-state index contributed by atoms with van der Waals surface area (Å²) in [4.78, 5) is 11.7. The van der Waals surface area contributed by atoms with Gasteiger partial charge in [-0.1, -0.05) is 53.8 Å². The van der Waals surface area contributed by atoms with E-state index in [1.807, 2.05) is 37.3 Å². The van der Waals surface area contributed by atoms with Crippen LogP contribution in [-0.4, -0.2) is 38.4 Å². The van der Waals surface area contributed by atoms with Gasteiger partial charge in [0.25, 0.3) is 0 Å². The molecule has 0 aliphatic heterocycles. The summed E-state index contributed by atoms with van der Waals surface area (Å²) in [6.07, 6.45) is 2.69. The van der Waals surface area contributed by atoms with Gasteiger partial charge in [0.1, 0.15) is 0 Å². The van der Waals surface area contributed by atoms with Gasteiger partial charge in [-0.25, -0.2) is 13.2 Å². The Labute approximate surface area is 166 Å². The van der Waals surface area contributed by atoms with Crippen molar-refractivity contribution in [3.63, 3.8) is 0 Å². The van der Waals surface area contributed by atoms with Gasteiger partial charge in [-0.15, -0.1) is 0 Å². The Morgan fingerprint density at radius 3 is 2.43 bits per heavy atom. The maximum absolute atomic E-state index is 13.0. The molecule has 0 fully saturated rings. The minimum Gasteiger partial charge on any atom is -0.463 e. The molecule has 0 radical (unpaired) electrons. The average Bonchev–Trinajstić information content (AvgIpc) is 2.68. The molecule has 0 atom stereocenters. The molecule has 6 heteroatoms. The molecule has 0 aromatic heterocycles. The lowest BCUT2D eigenvalue weighted by Gasteiger charge is -2.18. The number of nitrogens with zero attached hydrogens (tertiary/aromatic N) is 1. The Kier molecular flexibility index (Phi) is 8.00. The molecule has 0 saturated heterocycles. The Morgan fingerprint density at radius 2 is 1.79 bits per heavy atom. The van der Waals surface area contributed by atoms with E-state index in [1.165, 1.54) is 16.5 Å². The number of ether oxygens (including phenoxy) is 1. The Balaban J connectivity index is 2.23. The van der Waals surface area contributed by atoms with Crippen molar-refractivity contribution in [3.8, 4) is 11.8 Å². The van der Waals surface area contributed by atoms with Crippen LogP contribution in [0.1, 0.15) is 18.1 Å². The molecule has 0 heterocycles. The van der Waals surface area contributed by atoms with Crippen molar-refractivity contribution in [3.05, 3.63) is 77.9 Å². The summed E-state index contributed by atoms with van der Waals surface area (Å²) in [5.41, 5.74) is 1.77. The molecule has 2 aromatic rings. The lowest BCUT2D eigenvalue weighted by atomic mass is 10.2. The second-order valence-corrected chi connectivity index (χ2v) is 7.87. The molecule has 5 nitrogen and oxygen atoms in total. The normalized spacial score (nSPS) is 11.2. The van der Waals surface area contributed by atoms with E-state index in [9.17, 15) is 13.2 Å². The third-order valence-corrected chi connectivity index (χ3v) is 5.60. The highest BCUT2D eigenvalue weighted by molar-refractivity contribution is 7.89. The topological polar surface area (TPSA) is 63.7 Å². The van der Waals surface area contributed by atoms with Crippen molar-refractivity contribution in [1.29, 1.82) is 0 Å². The lowest BCUT2D eigenvalue weighted by Crippen LogP contribution is -2.32. The molecule has 0 saturated carbocycles. The Hall–Kier alpha value is -2.88. The summed E-state index contributed by atoms with van der Waals surface area (Å²) in [5, 5.41) is 0. The van der Waals surface area contributed by atoms with Crippen molar-refractivity contribution in [2.45, 2.75) is 18.7 Å². The molecular formula is C22H23NO4S. The predicted octanol–water partition coefficient (Wildman–Crippen LogP) is 3.16. The van der Waals surface area contributed by atoms with E-state index in [0.29, 0.717) is 0 Å². The highest BCUT2D eigenvalue weighted by atomic mass is 32.2. The van der Waals surface area contributed by atoms with Gasteiger partial charge in [0.15, 0.2) is 0 Å². The molecule has 146 valence electrons. The van der Waals surface area contributed by atoms with Crippen LogP contribution in [0.15, 0.2) is 71.6 Å². The zero-order valence-corrected chi connectivity index (χ0v) is 16.8. The van der Waals surface area contributed by atoms with Gasteiger partial charge in [0.05, 0.1) is 18.0 Å². The fourth-order valence-electron chi connectivity index (χ4n) is 2.32. The summed E-state index contributed by atoms with van der Waals surface area (Å²) in [5.74, 6) is 5.35. The maximum atomic E-state index is 13.0. The van der Waals surface area contributed by atoms with Crippen LogP contribution >= 0.6 is 0 Å². The fraction of sp³-hybridized carbons (Fsp3) is 0.227. The first-order valence-corrected chi connectivity index (χ1v) is 10.3. The number of esters is 1. The molecule has 0 spiro atoms. The van der Waals surface area contributed by atoms with Crippen molar-refractivity contribution >= 4 is 16.0 Å². The molecule has 2 aromatic carbocycles. The van der Waals surface area contributed by atoms with Crippen LogP contribution in [0.4, 0.5) is 0 Å². The highest BCUT2D eigenvalue weighted by Gasteiger charge is 2.22. The van der Waals surface area contributed by atoms with Gasteiger partial charge in [0, 0.05) is 18.2 Å². The zero-order chi connectivity index (χ0) is 20.4. The molecule has 0 aliphatic rings. The third kappa shape index (κ3) is 6.38. The number of sulfonamides is 1. The van der Waals surface area contributed by atoms with E-state index in [-0.39, 0.29) is 24.6 Å². The Morgan fingerprint density at radius 1 is 1.11 bits per heavy atom. The van der Waals surface area contributed by atoms with E-state index in [4.69, 9.17) is 4.74 Å². The third-order valence-electron chi connectivity index (χ3n) is 3.77. The van der Waals surface area contributed by atoms with Gasteiger partial charge in [0.2, 0.25) is 10.0 Å². The minimum atomic E-state index is -3.76. The second-order valence-electron chi connectivity index (χ2n) is 5.93. The number of carbonyl (C=O) groups is 1. The zero-order valence-electron chi connectivity index (χ0n) is 16.0. The summed E-state index contributed by atoms with van der Waals surface area (Å²) in [6.45, 7) is 3.87. The van der Waals surface area contributed by atoms with E-state index < -0.39 is 16.0 Å².